The van der Waals surface area contributed by atoms with E-state index >= 15 is 0 Å². The van der Waals surface area contributed by atoms with Gasteiger partial charge in [-0.25, -0.2) is 4.57 Å². The van der Waals surface area contributed by atoms with Crippen LogP contribution in [0.1, 0.15) is 271 Å². The van der Waals surface area contributed by atoms with Gasteiger partial charge < -0.3 is 18.9 Å². The topological polar surface area (TPSA) is 91.3 Å². The summed E-state index contributed by atoms with van der Waals surface area (Å²) in [6.07, 6.45) is 59.5. The molecule has 65 heavy (non-hydrogen) atoms. The van der Waals surface area contributed by atoms with Crippen molar-refractivity contribution in [1.82, 2.24) is 0 Å². The van der Waals surface area contributed by atoms with Crippen LogP contribution in [0.5, 0.6) is 0 Å². The molecule has 8 nitrogen and oxygen atoms in total. The summed E-state index contributed by atoms with van der Waals surface area (Å²) < 4.78 is 35.2. The van der Waals surface area contributed by atoms with Gasteiger partial charge in [-0.05, 0) is 44.9 Å². The first-order valence-corrected chi connectivity index (χ1v) is 29.6. The SMILES string of the molecule is CCCCCCC/C=C\C/C=C\CCCCCCCCCCCC(=O)OC(COCCCCCCCCCCCCCCCCCCCCCCCC)COP(=O)(O)OCC[N+](C)(C)C. The molecule has 0 aromatic heterocycles. The molecular formula is C56H111NO7P+. The molecule has 0 heterocycles. The number of ether oxygens (including phenoxy) is 2. The van der Waals surface area contributed by atoms with E-state index in [4.69, 9.17) is 18.5 Å². The van der Waals surface area contributed by atoms with E-state index in [0.717, 1.165) is 38.5 Å². The number of allylic oxidation sites excluding steroid dienone is 4. The summed E-state index contributed by atoms with van der Waals surface area (Å²) in [5.74, 6) is -0.312. The van der Waals surface area contributed by atoms with Crippen molar-refractivity contribution in [3.05, 3.63) is 24.3 Å². The quantitative estimate of drug-likeness (QED) is 0.0213. The second-order valence-corrected chi connectivity index (χ2v) is 21.8. The van der Waals surface area contributed by atoms with E-state index in [1.54, 1.807) is 0 Å². The summed E-state index contributed by atoms with van der Waals surface area (Å²) in [6.45, 7) is 5.67. The molecule has 0 aliphatic heterocycles. The third kappa shape index (κ3) is 53.8. The Balaban J connectivity index is 4.07. The fraction of sp³-hybridized carbons (Fsp3) is 0.911. The van der Waals surface area contributed by atoms with Crippen LogP contribution in [-0.2, 0) is 27.9 Å². The standard InChI is InChI=1S/C56H110NO7P/c1-6-8-10-12-14-16-18-20-22-24-26-28-30-32-34-36-38-40-42-44-46-48-51-61-53-55(54-63-65(59,60)62-52-50-57(3,4)5)64-56(58)49-47-45-43-41-39-37-35-33-31-29-27-25-23-21-19-17-15-13-11-9-7-2/h19,21,25,27,55H,6-18,20,22-24,26,28-54H2,1-5H3/p+1/b21-19-,27-25-. The molecule has 0 bridgehead atoms. The van der Waals surface area contributed by atoms with E-state index in [2.05, 4.69) is 38.2 Å². The van der Waals surface area contributed by atoms with Crippen molar-refractivity contribution in [1.29, 1.82) is 0 Å². The molecule has 2 atom stereocenters. The monoisotopic (exact) mass is 941 g/mol. The van der Waals surface area contributed by atoms with E-state index in [9.17, 15) is 14.3 Å². The third-order valence-corrected chi connectivity index (χ3v) is 13.5. The smallest absolute Gasteiger partial charge is 0.457 e. The lowest BCUT2D eigenvalue weighted by molar-refractivity contribution is -0.870. The Morgan fingerprint density at radius 3 is 1.25 bits per heavy atom. The summed E-state index contributed by atoms with van der Waals surface area (Å²) in [5, 5.41) is 0. The number of rotatable bonds is 53. The van der Waals surface area contributed by atoms with Gasteiger partial charge in [-0.1, -0.05) is 244 Å². The van der Waals surface area contributed by atoms with E-state index in [-0.39, 0.29) is 25.8 Å². The minimum atomic E-state index is -4.28. The Kier molecular flexibility index (Phi) is 48.6. The zero-order valence-corrected chi connectivity index (χ0v) is 44.9. The predicted molar refractivity (Wildman–Crippen MR) is 280 cm³/mol. The highest BCUT2D eigenvalue weighted by Gasteiger charge is 2.26. The Bertz CT molecular complexity index is 1090. The molecule has 0 saturated carbocycles. The van der Waals surface area contributed by atoms with Crippen molar-refractivity contribution in [3.63, 3.8) is 0 Å². The van der Waals surface area contributed by atoms with Crippen LogP contribution in [0.4, 0.5) is 0 Å². The molecule has 0 aliphatic carbocycles. The molecule has 0 rings (SSSR count). The Morgan fingerprint density at radius 2 is 0.846 bits per heavy atom. The molecule has 0 spiro atoms. The van der Waals surface area contributed by atoms with Crippen molar-refractivity contribution in [2.75, 3.05) is 54.1 Å². The average Bonchev–Trinajstić information content (AvgIpc) is 3.27. The molecule has 0 fully saturated rings. The second-order valence-electron chi connectivity index (χ2n) is 20.3. The van der Waals surface area contributed by atoms with Gasteiger partial charge in [-0.2, -0.15) is 0 Å². The van der Waals surface area contributed by atoms with Gasteiger partial charge in [-0.3, -0.25) is 13.8 Å². The van der Waals surface area contributed by atoms with Gasteiger partial charge in [0.15, 0.2) is 0 Å². The maximum Gasteiger partial charge on any atom is 0.472 e. The third-order valence-electron chi connectivity index (χ3n) is 12.5. The molecule has 0 aliphatic rings. The van der Waals surface area contributed by atoms with Crippen LogP contribution in [0.25, 0.3) is 0 Å². The number of nitrogens with zero attached hydrogens (tertiary/aromatic N) is 1. The van der Waals surface area contributed by atoms with Crippen molar-refractivity contribution in [2.45, 2.75) is 277 Å². The van der Waals surface area contributed by atoms with Crippen LogP contribution < -0.4 is 0 Å². The molecule has 0 aromatic rings. The average molecular weight is 941 g/mol. The maximum atomic E-state index is 12.8. The number of esters is 1. The highest BCUT2D eigenvalue weighted by atomic mass is 31.2. The fourth-order valence-electron chi connectivity index (χ4n) is 8.17. The van der Waals surface area contributed by atoms with Crippen molar-refractivity contribution in [3.8, 4) is 0 Å². The molecular weight excluding hydrogens is 830 g/mol. The minimum absolute atomic E-state index is 0.0903. The van der Waals surface area contributed by atoms with Crippen molar-refractivity contribution >= 4 is 13.8 Å². The van der Waals surface area contributed by atoms with Gasteiger partial charge in [-0.15, -0.1) is 0 Å². The maximum absolute atomic E-state index is 12.8. The van der Waals surface area contributed by atoms with Crippen LogP contribution >= 0.6 is 7.82 Å². The van der Waals surface area contributed by atoms with Gasteiger partial charge in [0.25, 0.3) is 0 Å². The van der Waals surface area contributed by atoms with Crippen LogP contribution in [-0.4, -0.2) is 75.6 Å². The number of quaternary nitrogens is 1. The lowest BCUT2D eigenvalue weighted by atomic mass is 10.0. The molecule has 1 N–H and O–H groups in total. The normalized spacial score (nSPS) is 13.6. The zero-order valence-electron chi connectivity index (χ0n) is 44.0. The van der Waals surface area contributed by atoms with Crippen LogP contribution in [0, 0.1) is 0 Å². The summed E-state index contributed by atoms with van der Waals surface area (Å²) in [5.41, 5.74) is 0. The van der Waals surface area contributed by atoms with Gasteiger partial charge >= 0.3 is 13.8 Å². The number of hydrogen-bond acceptors (Lipinski definition) is 6. The Labute approximate surface area is 404 Å². The number of phosphoric ester groups is 1. The van der Waals surface area contributed by atoms with Crippen LogP contribution in [0.15, 0.2) is 24.3 Å². The number of carbonyl (C=O) groups is 1. The molecule has 0 radical (unpaired) electrons. The minimum Gasteiger partial charge on any atom is -0.457 e. The number of phosphoric acid groups is 1. The molecule has 0 aromatic carbocycles. The number of hydrogen-bond donors (Lipinski definition) is 1. The lowest BCUT2D eigenvalue weighted by Crippen LogP contribution is -2.37. The summed E-state index contributed by atoms with van der Waals surface area (Å²) in [4.78, 5) is 23.1. The first-order valence-electron chi connectivity index (χ1n) is 28.1. The highest BCUT2D eigenvalue weighted by molar-refractivity contribution is 7.47. The van der Waals surface area contributed by atoms with Gasteiger partial charge in [0.05, 0.1) is 34.4 Å². The Hall–Kier alpha value is -1.02. The van der Waals surface area contributed by atoms with Gasteiger partial charge in [0.1, 0.15) is 19.3 Å². The van der Waals surface area contributed by atoms with Gasteiger partial charge in [0, 0.05) is 13.0 Å². The van der Waals surface area contributed by atoms with E-state index < -0.39 is 13.9 Å². The summed E-state index contributed by atoms with van der Waals surface area (Å²) >= 11 is 0. The first kappa shape index (κ1) is 64.0. The summed E-state index contributed by atoms with van der Waals surface area (Å²) in [7, 11) is 1.68. The lowest BCUT2D eigenvalue weighted by Gasteiger charge is -2.24. The first-order chi connectivity index (χ1) is 31.6. The molecule has 9 heteroatoms. The zero-order chi connectivity index (χ0) is 47.6. The molecule has 0 amide bonds. The van der Waals surface area contributed by atoms with Crippen molar-refractivity contribution < 1.29 is 37.3 Å². The predicted octanol–water partition coefficient (Wildman–Crippen LogP) is 17.5. The van der Waals surface area contributed by atoms with Crippen molar-refractivity contribution in [2.24, 2.45) is 0 Å². The van der Waals surface area contributed by atoms with E-state index in [0.29, 0.717) is 24.1 Å². The van der Waals surface area contributed by atoms with Crippen LogP contribution in [0.3, 0.4) is 0 Å². The van der Waals surface area contributed by atoms with E-state index in [1.807, 2.05) is 21.1 Å². The largest absolute Gasteiger partial charge is 0.472 e. The van der Waals surface area contributed by atoms with Crippen LogP contribution in [0.2, 0.25) is 0 Å². The molecule has 2 unspecified atom stereocenters. The molecule has 386 valence electrons. The fourth-order valence-corrected chi connectivity index (χ4v) is 8.92. The number of unbranched alkanes of at least 4 members (excludes halogenated alkanes) is 35. The second kappa shape index (κ2) is 49.4. The van der Waals surface area contributed by atoms with E-state index in [1.165, 1.54) is 212 Å². The molecule has 0 saturated heterocycles. The van der Waals surface area contributed by atoms with Gasteiger partial charge in [0.2, 0.25) is 0 Å². The summed E-state index contributed by atoms with van der Waals surface area (Å²) in [6, 6.07) is 0. The highest BCUT2D eigenvalue weighted by Crippen LogP contribution is 2.43. The number of likely N-dealkylation sites (N-methyl/N-ethyl adjacent to an activating group) is 1. The number of carbonyl (C=O) groups excluding carboxylic acids is 1. The Morgan fingerprint density at radius 1 is 0.477 bits per heavy atom.